The van der Waals surface area contributed by atoms with Gasteiger partial charge in [0.15, 0.2) is 0 Å². The summed E-state index contributed by atoms with van der Waals surface area (Å²) in [7, 11) is 0. The third-order valence-electron chi connectivity index (χ3n) is 5.56. The molecule has 0 fully saturated rings. The van der Waals surface area contributed by atoms with Gasteiger partial charge in [-0.2, -0.15) is 0 Å². The summed E-state index contributed by atoms with van der Waals surface area (Å²) in [6.45, 7) is 6.23. The first-order valence-electron chi connectivity index (χ1n) is 10.8. The molecule has 0 atom stereocenters. The lowest BCUT2D eigenvalue weighted by Gasteiger charge is -2.13. The van der Waals surface area contributed by atoms with Crippen LogP contribution in [0.4, 0.5) is 0 Å². The zero-order valence-electron chi connectivity index (χ0n) is 18.3. The Hall–Kier alpha value is -3.40. The molecule has 4 nitrogen and oxygen atoms in total. The number of aromatic nitrogens is 2. The molecule has 0 amide bonds. The molecular formula is C27H28N2O2. The number of H-pyrrole nitrogens is 1. The van der Waals surface area contributed by atoms with Crippen molar-refractivity contribution in [1.29, 1.82) is 0 Å². The van der Waals surface area contributed by atoms with Crippen LogP contribution in [0.25, 0.3) is 22.3 Å². The van der Waals surface area contributed by atoms with Crippen LogP contribution in [0.15, 0.2) is 66.9 Å². The molecule has 0 aliphatic heterocycles. The Balaban J connectivity index is 1.49. The second kappa shape index (κ2) is 9.17. The van der Waals surface area contributed by atoms with Gasteiger partial charge < -0.3 is 9.72 Å². The SMILES string of the molecule is Cc1ccc(C(C)C)c(OC(=O)CCCc2c(-c3ccccn3)[nH]c3ccccc23)c1. The molecule has 2 aromatic carbocycles. The number of para-hydroxylation sites is 1. The third kappa shape index (κ3) is 4.69. The second-order valence-corrected chi connectivity index (χ2v) is 8.26. The summed E-state index contributed by atoms with van der Waals surface area (Å²) in [5.41, 5.74) is 6.37. The number of carbonyl (C=O) groups excluding carboxylic acids is 1. The largest absolute Gasteiger partial charge is 0.426 e. The number of nitrogens with zero attached hydrogens (tertiary/aromatic N) is 1. The summed E-state index contributed by atoms with van der Waals surface area (Å²) in [6.07, 6.45) is 3.65. The first-order chi connectivity index (χ1) is 15.0. The number of carbonyl (C=O) groups is 1. The first kappa shape index (κ1) is 20.9. The highest BCUT2D eigenvalue weighted by atomic mass is 16.5. The molecule has 4 rings (SSSR count). The maximum Gasteiger partial charge on any atom is 0.311 e. The molecule has 0 aliphatic carbocycles. The lowest BCUT2D eigenvalue weighted by molar-refractivity contribution is -0.134. The highest BCUT2D eigenvalue weighted by Crippen LogP contribution is 2.31. The maximum atomic E-state index is 12.6. The van der Waals surface area contributed by atoms with E-state index in [9.17, 15) is 4.79 Å². The maximum absolute atomic E-state index is 12.6. The highest BCUT2D eigenvalue weighted by Gasteiger charge is 2.16. The lowest BCUT2D eigenvalue weighted by atomic mass is 10.0. The molecule has 1 N–H and O–H groups in total. The van der Waals surface area contributed by atoms with Gasteiger partial charge in [0.2, 0.25) is 0 Å². The number of hydrogen-bond donors (Lipinski definition) is 1. The average Bonchev–Trinajstić information content (AvgIpc) is 3.13. The van der Waals surface area contributed by atoms with Gasteiger partial charge in [-0.3, -0.25) is 9.78 Å². The monoisotopic (exact) mass is 412 g/mol. The van der Waals surface area contributed by atoms with Crippen molar-refractivity contribution in [3.05, 3.63) is 83.6 Å². The molecule has 0 saturated carbocycles. The average molecular weight is 413 g/mol. The van der Waals surface area contributed by atoms with E-state index in [4.69, 9.17) is 4.74 Å². The molecule has 4 aromatic rings. The molecule has 0 saturated heterocycles. The molecule has 31 heavy (non-hydrogen) atoms. The van der Waals surface area contributed by atoms with Crippen molar-refractivity contribution in [2.45, 2.75) is 46.0 Å². The van der Waals surface area contributed by atoms with Gasteiger partial charge in [0.05, 0.1) is 11.4 Å². The summed E-state index contributed by atoms with van der Waals surface area (Å²) in [5.74, 6) is 0.795. The summed E-state index contributed by atoms with van der Waals surface area (Å²) in [5, 5.41) is 1.18. The predicted octanol–water partition coefficient (Wildman–Crippen LogP) is 6.59. The van der Waals surface area contributed by atoms with E-state index < -0.39 is 0 Å². The van der Waals surface area contributed by atoms with Gasteiger partial charge in [-0.05, 0) is 66.6 Å². The van der Waals surface area contributed by atoms with Crippen molar-refractivity contribution in [2.75, 3.05) is 0 Å². The summed E-state index contributed by atoms with van der Waals surface area (Å²) >= 11 is 0. The van der Waals surface area contributed by atoms with Gasteiger partial charge in [-0.25, -0.2) is 0 Å². The van der Waals surface area contributed by atoms with Gasteiger partial charge >= 0.3 is 5.97 Å². The normalized spacial score (nSPS) is 11.2. The fraction of sp³-hybridized carbons (Fsp3) is 0.259. The van der Waals surface area contributed by atoms with Crippen molar-refractivity contribution >= 4 is 16.9 Å². The van der Waals surface area contributed by atoms with Gasteiger partial charge in [0.1, 0.15) is 5.75 Å². The third-order valence-corrected chi connectivity index (χ3v) is 5.56. The fourth-order valence-electron chi connectivity index (χ4n) is 3.98. The first-order valence-corrected chi connectivity index (χ1v) is 10.8. The minimum atomic E-state index is -0.188. The number of aryl methyl sites for hydroxylation is 2. The Morgan fingerprint density at radius 1 is 1.06 bits per heavy atom. The number of benzene rings is 2. The number of hydrogen-bond acceptors (Lipinski definition) is 3. The molecule has 4 heteroatoms. The van der Waals surface area contributed by atoms with E-state index in [2.05, 4.69) is 42.0 Å². The van der Waals surface area contributed by atoms with Crippen molar-refractivity contribution in [1.82, 2.24) is 9.97 Å². The zero-order valence-corrected chi connectivity index (χ0v) is 18.3. The van der Waals surface area contributed by atoms with Crippen LogP contribution in [0.3, 0.4) is 0 Å². The second-order valence-electron chi connectivity index (χ2n) is 8.26. The Morgan fingerprint density at radius 3 is 2.65 bits per heavy atom. The smallest absolute Gasteiger partial charge is 0.311 e. The van der Waals surface area contributed by atoms with Crippen LogP contribution >= 0.6 is 0 Å². The predicted molar refractivity (Wildman–Crippen MR) is 125 cm³/mol. The molecular weight excluding hydrogens is 384 g/mol. The fourth-order valence-corrected chi connectivity index (χ4v) is 3.98. The topological polar surface area (TPSA) is 55.0 Å². The van der Waals surface area contributed by atoms with Crippen molar-refractivity contribution < 1.29 is 9.53 Å². The Kier molecular flexibility index (Phi) is 6.17. The van der Waals surface area contributed by atoms with E-state index in [1.807, 2.05) is 49.4 Å². The Labute approximate surface area is 183 Å². The van der Waals surface area contributed by atoms with E-state index >= 15 is 0 Å². The number of nitrogens with one attached hydrogen (secondary N) is 1. The van der Waals surface area contributed by atoms with Gasteiger partial charge in [0, 0.05) is 23.5 Å². The Bertz CT molecular complexity index is 1190. The Morgan fingerprint density at radius 2 is 1.87 bits per heavy atom. The number of aromatic amines is 1. The number of rotatable bonds is 7. The summed E-state index contributed by atoms with van der Waals surface area (Å²) < 4.78 is 5.75. The van der Waals surface area contributed by atoms with Crippen molar-refractivity contribution in [3.63, 3.8) is 0 Å². The van der Waals surface area contributed by atoms with Crippen molar-refractivity contribution in [2.24, 2.45) is 0 Å². The van der Waals surface area contributed by atoms with Crippen LogP contribution in [0.1, 0.15) is 49.3 Å². The minimum absolute atomic E-state index is 0.188. The number of pyridine rings is 1. The van der Waals surface area contributed by atoms with Crippen LogP contribution in [0, 0.1) is 6.92 Å². The summed E-state index contributed by atoms with van der Waals surface area (Å²) in [6, 6.07) is 20.2. The van der Waals surface area contributed by atoms with Gasteiger partial charge in [-0.15, -0.1) is 0 Å². The summed E-state index contributed by atoms with van der Waals surface area (Å²) in [4.78, 5) is 20.6. The standard InChI is InChI=1S/C27H28N2O2/c1-18(2)20-15-14-19(3)17-25(20)31-26(30)13-8-10-22-21-9-4-5-11-23(21)29-27(22)24-12-6-7-16-28-24/h4-7,9,11-12,14-18,29H,8,10,13H2,1-3H3. The molecule has 0 unspecified atom stereocenters. The van der Waals surface area contributed by atoms with E-state index in [1.165, 1.54) is 10.9 Å². The molecule has 2 aromatic heterocycles. The van der Waals surface area contributed by atoms with Gasteiger partial charge in [0.25, 0.3) is 0 Å². The van der Waals surface area contributed by atoms with Crippen LogP contribution in [-0.4, -0.2) is 15.9 Å². The van der Waals surface area contributed by atoms with E-state index in [1.54, 1.807) is 6.20 Å². The number of esters is 1. The number of ether oxygens (including phenoxy) is 1. The van der Waals surface area contributed by atoms with E-state index in [0.717, 1.165) is 34.5 Å². The molecule has 0 bridgehead atoms. The molecule has 158 valence electrons. The highest BCUT2D eigenvalue weighted by molar-refractivity contribution is 5.90. The van der Waals surface area contributed by atoms with Crippen LogP contribution in [-0.2, 0) is 11.2 Å². The van der Waals surface area contributed by atoms with E-state index in [-0.39, 0.29) is 5.97 Å². The number of fused-ring (bicyclic) bond motifs is 1. The quantitative estimate of drug-likeness (QED) is 0.275. The minimum Gasteiger partial charge on any atom is -0.426 e. The molecule has 0 radical (unpaired) electrons. The van der Waals surface area contributed by atoms with Crippen LogP contribution in [0.5, 0.6) is 5.75 Å². The van der Waals surface area contributed by atoms with E-state index in [0.29, 0.717) is 24.5 Å². The lowest BCUT2D eigenvalue weighted by Crippen LogP contribution is -2.10. The van der Waals surface area contributed by atoms with Crippen LogP contribution in [0.2, 0.25) is 0 Å². The molecule has 0 spiro atoms. The zero-order chi connectivity index (χ0) is 21.8. The van der Waals surface area contributed by atoms with Gasteiger partial charge in [-0.1, -0.05) is 50.2 Å². The van der Waals surface area contributed by atoms with Crippen LogP contribution < -0.4 is 4.74 Å². The van der Waals surface area contributed by atoms with Crippen molar-refractivity contribution in [3.8, 4) is 17.1 Å². The molecule has 0 aliphatic rings. The molecule has 2 heterocycles.